The number of sulfone groups is 1. The van der Waals surface area contributed by atoms with Crippen LogP contribution in [-0.4, -0.2) is 53.8 Å². The van der Waals surface area contributed by atoms with Crippen molar-refractivity contribution in [3.63, 3.8) is 0 Å². The molecule has 11 heteroatoms. The molecular formula is C23H25N5O5S. The van der Waals surface area contributed by atoms with Crippen LogP contribution < -0.4 is 10.6 Å². The van der Waals surface area contributed by atoms with E-state index in [4.69, 9.17) is 4.74 Å². The number of aryl methyl sites for hydroxylation is 1. The van der Waals surface area contributed by atoms with Crippen LogP contribution in [0.1, 0.15) is 40.0 Å². The van der Waals surface area contributed by atoms with E-state index in [9.17, 15) is 18.0 Å². The molecule has 2 aliphatic rings. The molecule has 0 fully saturated rings. The number of esters is 1. The van der Waals surface area contributed by atoms with Crippen molar-refractivity contribution in [2.24, 2.45) is 5.92 Å². The molecule has 1 unspecified atom stereocenters. The van der Waals surface area contributed by atoms with Crippen molar-refractivity contribution < 1.29 is 22.7 Å². The Morgan fingerprint density at radius 2 is 2.15 bits per heavy atom. The lowest BCUT2D eigenvalue weighted by molar-refractivity contribution is -0.125. The number of carbonyl (C=O) groups excluding carboxylic acids is 2. The number of hydrogen-bond donors (Lipinski definition) is 3. The summed E-state index contributed by atoms with van der Waals surface area (Å²) in [7, 11) is -3.04. The van der Waals surface area contributed by atoms with Crippen LogP contribution >= 0.6 is 0 Å². The van der Waals surface area contributed by atoms with Crippen LogP contribution in [0.2, 0.25) is 0 Å². The topological polar surface area (TPSA) is 143 Å². The molecule has 10 nitrogen and oxygen atoms in total. The van der Waals surface area contributed by atoms with Crippen LogP contribution in [0.4, 0.5) is 11.5 Å². The number of aromatic nitrogens is 3. The second-order valence-electron chi connectivity index (χ2n) is 8.82. The SMILES string of the molecule is CS(=O)(=O)CCCNC(=O)C1CCc2[nH]c3ncnc(Nc4ccc5c(c4)COC5=O)c3c2C1. The Hall–Kier alpha value is -3.47. The van der Waals surface area contributed by atoms with Gasteiger partial charge in [0.2, 0.25) is 5.91 Å². The van der Waals surface area contributed by atoms with Crippen LogP contribution in [0.5, 0.6) is 0 Å². The fourth-order valence-corrected chi connectivity index (χ4v) is 5.27. The third-order valence-electron chi connectivity index (χ3n) is 6.28. The van der Waals surface area contributed by atoms with Crippen LogP contribution in [0.3, 0.4) is 0 Å². The van der Waals surface area contributed by atoms with Gasteiger partial charge in [0, 0.05) is 35.7 Å². The number of nitrogens with zero attached hydrogens (tertiary/aromatic N) is 2. The monoisotopic (exact) mass is 483 g/mol. The molecule has 34 heavy (non-hydrogen) atoms. The van der Waals surface area contributed by atoms with E-state index in [1.807, 2.05) is 12.1 Å². The lowest BCUT2D eigenvalue weighted by Gasteiger charge is -2.22. The van der Waals surface area contributed by atoms with Gasteiger partial charge in [-0.1, -0.05) is 0 Å². The van der Waals surface area contributed by atoms with Crippen molar-refractivity contribution in [2.45, 2.75) is 32.3 Å². The number of aromatic amines is 1. The van der Waals surface area contributed by atoms with Gasteiger partial charge in [0.05, 0.1) is 16.7 Å². The zero-order valence-corrected chi connectivity index (χ0v) is 19.5. The zero-order chi connectivity index (χ0) is 23.9. The normalized spacial score (nSPS) is 17.2. The van der Waals surface area contributed by atoms with E-state index < -0.39 is 9.84 Å². The number of amides is 1. The lowest BCUT2D eigenvalue weighted by atomic mass is 9.86. The first-order valence-corrected chi connectivity index (χ1v) is 13.2. The quantitative estimate of drug-likeness (QED) is 0.342. The lowest BCUT2D eigenvalue weighted by Crippen LogP contribution is -2.35. The molecule has 3 heterocycles. The molecule has 1 aliphatic carbocycles. The number of anilines is 2. The van der Waals surface area contributed by atoms with Gasteiger partial charge in [0.25, 0.3) is 0 Å². The molecule has 1 atom stereocenters. The fraction of sp³-hybridized carbons (Fsp3) is 0.391. The third kappa shape index (κ3) is 4.47. The number of carbonyl (C=O) groups is 2. The molecule has 0 saturated heterocycles. The Labute approximate surface area is 196 Å². The van der Waals surface area contributed by atoms with Crippen LogP contribution in [0.25, 0.3) is 11.0 Å². The highest BCUT2D eigenvalue weighted by Gasteiger charge is 2.29. The smallest absolute Gasteiger partial charge is 0.338 e. The van der Waals surface area contributed by atoms with Crippen molar-refractivity contribution in [1.29, 1.82) is 0 Å². The first-order valence-electron chi connectivity index (χ1n) is 11.2. The van der Waals surface area contributed by atoms with E-state index in [-0.39, 0.29) is 30.2 Å². The van der Waals surface area contributed by atoms with Gasteiger partial charge in [-0.05, 0) is 49.4 Å². The zero-order valence-electron chi connectivity index (χ0n) is 18.7. The van der Waals surface area contributed by atoms with Gasteiger partial charge in [-0.15, -0.1) is 0 Å². The van der Waals surface area contributed by atoms with Gasteiger partial charge < -0.3 is 20.4 Å². The summed E-state index contributed by atoms with van der Waals surface area (Å²) in [4.78, 5) is 36.7. The summed E-state index contributed by atoms with van der Waals surface area (Å²) < 4.78 is 27.7. The molecule has 2 aromatic heterocycles. The molecule has 3 aromatic rings. The number of benzene rings is 1. The minimum absolute atomic E-state index is 0.0554. The molecule has 5 rings (SSSR count). The Morgan fingerprint density at radius 1 is 1.29 bits per heavy atom. The Kier molecular flexibility index (Phi) is 5.72. The fourth-order valence-electron chi connectivity index (χ4n) is 4.60. The average molecular weight is 484 g/mol. The van der Waals surface area contributed by atoms with E-state index in [2.05, 4.69) is 25.6 Å². The number of cyclic esters (lactones) is 1. The maximum Gasteiger partial charge on any atom is 0.338 e. The summed E-state index contributed by atoms with van der Waals surface area (Å²) >= 11 is 0. The summed E-state index contributed by atoms with van der Waals surface area (Å²) in [5.74, 6) is 0.0946. The second kappa shape index (κ2) is 8.71. The number of nitrogens with one attached hydrogen (secondary N) is 3. The number of H-pyrrole nitrogens is 1. The van der Waals surface area contributed by atoms with Crippen molar-refractivity contribution >= 4 is 44.3 Å². The van der Waals surface area contributed by atoms with Crippen LogP contribution in [-0.2, 0) is 38.8 Å². The summed E-state index contributed by atoms with van der Waals surface area (Å²) in [6.07, 6.45) is 5.03. The number of fused-ring (bicyclic) bond motifs is 4. The maximum atomic E-state index is 12.7. The Morgan fingerprint density at radius 3 is 2.97 bits per heavy atom. The van der Waals surface area contributed by atoms with E-state index >= 15 is 0 Å². The molecular weight excluding hydrogens is 458 g/mol. The number of hydrogen-bond acceptors (Lipinski definition) is 8. The van der Waals surface area contributed by atoms with Crippen molar-refractivity contribution in [1.82, 2.24) is 20.3 Å². The molecule has 1 aromatic carbocycles. The summed E-state index contributed by atoms with van der Waals surface area (Å²) in [6.45, 7) is 0.590. The van der Waals surface area contributed by atoms with Gasteiger partial charge in [0.15, 0.2) is 0 Å². The van der Waals surface area contributed by atoms with Crippen LogP contribution in [0, 0.1) is 5.92 Å². The van der Waals surface area contributed by atoms with Gasteiger partial charge >= 0.3 is 5.97 Å². The van der Waals surface area contributed by atoms with Crippen LogP contribution in [0.15, 0.2) is 24.5 Å². The minimum atomic E-state index is -3.04. The second-order valence-corrected chi connectivity index (χ2v) is 11.1. The third-order valence-corrected chi connectivity index (χ3v) is 7.31. The Bertz CT molecular complexity index is 1400. The molecule has 0 spiro atoms. The first-order chi connectivity index (χ1) is 16.3. The molecule has 0 radical (unpaired) electrons. The standard InChI is InChI=1S/C23H25N5O5S/c1-34(31,32)8-2-7-24-22(29)13-3-6-18-17(10-13)19-20(25-12-26-21(19)28-18)27-15-4-5-16-14(9-15)11-33-23(16)30/h4-5,9,12-13H,2-3,6-8,10-11H2,1H3,(H,24,29)(H2,25,26,27,28). The maximum absolute atomic E-state index is 12.7. The molecule has 3 N–H and O–H groups in total. The van der Waals surface area contributed by atoms with E-state index in [0.29, 0.717) is 49.3 Å². The molecule has 1 aliphatic heterocycles. The van der Waals surface area contributed by atoms with Gasteiger partial charge in [-0.2, -0.15) is 0 Å². The summed E-state index contributed by atoms with van der Waals surface area (Å²) in [5.41, 5.74) is 4.94. The Balaban J connectivity index is 1.35. The summed E-state index contributed by atoms with van der Waals surface area (Å²) in [5, 5.41) is 7.06. The molecule has 178 valence electrons. The average Bonchev–Trinajstić information content (AvgIpc) is 3.36. The predicted molar refractivity (Wildman–Crippen MR) is 126 cm³/mol. The van der Waals surface area contributed by atoms with Crippen molar-refractivity contribution in [2.75, 3.05) is 23.9 Å². The molecule has 1 amide bonds. The molecule has 0 saturated carbocycles. The first kappa shape index (κ1) is 22.3. The van der Waals surface area contributed by atoms with Gasteiger partial charge in [-0.25, -0.2) is 23.2 Å². The minimum Gasteiger partial charge on any atom is -0.457 e. The van der Waals surface area contributed by atoms with Crippen molar-refractivity contribution in [3.8, 4) is 0 Å². The van der Waals surface area contributed by atoms with E-state index in [1.54, 1.807) is 6.07 Å². The highest BCUT2D eigenvalue weighted by atomic mass is 32.2. The van der Waals surface area contributed by atoms with Crippen molar-refractivity contribution in [3.05, 3.63) is 46.9 Å². The number of rotatable bonds is 7. The molecule has 0 bridgehead atoms. The van der Waals surface area contributed by atoms with Gasteiger partial charge in [-0.3, -0.25) is 4.79 Å². The number of ether oxygens (including phenoxy) is 1. The van der Waals surface area contributed by atoms with E-state index in [0.717, 1.165) is 27.9 Å². The largest absolute Gasteiger partial charge is 0.457 e. The highest BCUT2D eigenvalue weighted by molar-refractivity contribution is 7.90. The summed E-state index contributed by atoms with van der Waals surface area (Å²) in [6, 6.07) is 5.42. The predicted octanol–water partition coefficient (Wildman–Crippen LogP) is 2.03. The van der Waals surface area contributed by atoms with E-state index in [1.165, 1.54) is 12.6 Å². The highest BCUT2D eigenvalue weighted by Crippen LogP contribution is 2.35. The van der Waals surface area contributed by atoms with Gasteiger partial charge in [0.1, 0.15) is 34.2 Å².